The third-order valence-electron chi connectivity index (χ3n) is 5.02. The lowest BCUT2D eigenvalue weighted by Crippen LogP contribution is -2.40. The topological polar surface area (TPSA) is 58.1 Å². The van der Waals surface area contributed by atoms with Gasteiger partial charge >= 0.3 is 0 Å². The van der Waals surface area contributed by atoms with Gasteiger partial charge in [-0.15, -0.1) is 21.5 Å². The maximum absolute atomic E-state index is 12.5. The van der Waals surface area contributed by atoms with E-state index in [4.69, 9.17) is 11.6 Å². The lowest BCUT2D eigenvalue weighted by molar-refractivity contribution is -0.125. The predicted molar refractivity (Wildman–Crippen MR) is 114 cm³/mol. The quantitative estimate of drug-likeness (QED) is 0.675. The summed E-state index contributed by atoms with van der Waals surface area (Å²) in [7, 11) is 0. The van der Waals surface area contributed by atoms with E-state index in [-0.39, 0.29) is 11.8 Å². The van der Waals surface area contributed by atoms with Gasteiger partial charge in [-0.3, -0.25) is 4.79 Å². The highest BCUT2D eigenvalue weighted by atomic mass is 35.5. The number of anilines is 1. The second kappa shape index (κ2) is 8.71. The van der Waals surface area contributed by atoms with E-state index in [1.807, 2.05) is 53.9 Å². The molecule has 1 fully saturated rings. The Morgan fingerprint density at radius 3 is 2.61 bits per heavy atom. The van der Waals surface area contributed by atoms with Crippen LogP contribution in [0.3, 0.4) is 0 Å². The molecule has 0 atom stereocenters. The lowest BCUT2D eigenvalue weighted by Gasteiger charge is -2.31. The van der Waals surface area contributed by atoms with Crippen LogP contribution in [0.1, 0.15) is 18.4 Å². The highest BCUT2D eigenvalue weighted by Gasteiger charge is 2.25. The predicted octanol–water partition coefficient (Wildman–Crippen LogP) is 4.39. The number of thiophene rings is 1. The van der Waals surface area contributed by atoms with Crippen molar-refractivity contribution in [1.82, 2.24) is 15.5 Å². The van der Waals surface area contributed by atoms with E-state index in [0.29, 0.717) is 11.6 Å². The third-order valence-corrected chi connectivity index (χ3v) is 6.29. The number of hydrogen-bond acceptors (Lipinski definition) is 5. The minimum atomic E-state index is 0.0251. The first-order valence-corrected chi connectivity index (χ1v) is 10.6. The Kier molecular flexibility index (Phi) is 5.88. The fourth-order valence-corrected chi connectivity index (χ4v) is 4.28. The molecule has 28 heavy (non-hydrogen) atoms. The minimum Gasteiger partial charge on any atom is -0.355 e. The molecule has 1 aromatic carbocycles. The molecule has 0 unspecified atom stereocenters. The van der Waals surface area contributed by atoms with Crippen LogP contribution >= 0.6 is 22.9 Å². The Morgan fingerprint density at radius 2 is 1.93 bits per heavy atom. The number of piperidine rings is 1. The number of nitrogens with one attached hydrogen (secondary N) is 1. The molecule has 3 aromatic rings. The summed E-state index contributed by atoms with van der Waals surface area (Å²) in [5.74, 6) is 0.992. The second-order valence-corrected chi connectivity index (χ2v) is 8.18. The second-order valence-electron chi connectivity index (χ2n) is 6.82. The smallest absolute Gasteiger partial charge is 0.223 e. The molecule has 0 saturated carbocycles. The fraction of sp³-hybridized carbons (Fsp3) is 0.286. The summed E-state index contributed by atoms with van der Waals surface area (Å²) in [6.45, 7) is 2.07. The van der Waals surface area contributed by atoms with E-state index in [2.05, 4.69) is 20.4 Å². The highest BCUT2D eigenvalue weighted by Crippen LogP contribution is 2.25. The minimum absolute atomic E-state index is 0.0251. The van der Waals surface area contributed by atoms with Gasteiger partial charge in [0, 0.05) is 30.6 Å². The summed E-state index contributed by atoms with van der Waals surface area (Å²) in [6.07, 6.45) is 1.62. The van der Waals surface area contributed by atoms with Crippen LogP contribution in [0, 0.1) is 5.92 Å². The van der Waals surface area contributed by atoms with Crippen LogP contribution in [0.4, 0.5) is 5.82 Å². The summed E-state index contributed by atoms with van der Waals surface area (Å²) in [5.41, 5.74) is 1.84. The van der Waals surface area contributed by atoms with E-state index in [9.17, 15) is 4.79 Å². The van der Waals surface area contributed by atoms with Gasteiger partial charge in [-0.2, -0.15) is 0 Å². The van der Waals surface area contributed by atoms with Crippen molar-refractivity contribution < 1.29 is 4.79 Å². The maximum Gasteiger partial charge on any atom is 0.223 e. The van der Waals surface area contributed by atoms with E-state index in [1.165, 1.54) is 0 Å². The van der Waals surface area contributed by atoms with Crippen LogP contribution in [-0.2, 0) is 11.3 Å². The molecule has 1 saturated heterocycles. The zero-order valence-corrected chi connectivity index (χ0v) is 16.9. The van der Waals surface area contributed by atoms with Gasteiger partial charge in [-0.1, -0.05) is 35.9 Å². The zero-order valence-electron chi connectivity index (χ0n) is 15.3. The molecule has 5 nitrogen and oxygen atoms in total. The van der Waals surface area contributed by atoms with Crippen molar-refractivity contribution in [3.05, 3.63) is 64.5 Å². The van der Waals surface area contributed by atoms with Crippen molar-refractivity contribution in [2.45, 2.75) is 19.4 Å². The standard InChI is InChI=1S/C21H21ClN4OS/c22-17-5-2-1-4-16(17)14-23-21(27)15-9-11-26(12-10-15)20-8-7-18(24-25-20)19-6-3-13-28-19/h1-8,13,15H,9-12,14H2,(H,23,27). The van der Waals surface area contributed by atoms with Gasteiger partial charge in [0.25, 0.3) is 0 Å². The van der Waals surface area contributed by atoms with Gasteiger partial charge in [0.15, 0.2) is 5.82 Å². The van der Waals surface area contributed by atoms with Gasteiger partial charge in [0.2, 0.25) is 5.91 Å². The average Bonchev–Trinajstić information content (AvgIpc) is 3.28. The molecule has 3 heterocycles. The first kappa shape index (κ1) is 18.9. The SMILES string of the molecule is O=C(NCc1ccccc1Cl)C1CCN(c2ccc(-c3cccs3)nn2)CC1. The molecule has 0 radical (unpaired) electrons. The Balaban J connectivity index is 1.29. The molecule has 1 N–H and O–H groups in total. The van der Waals surface area contributed by atoms with Crippen molar-refractivity contribution in [1.29, 1.82) is 0 Å². The van der Waals surface area contributed by atoms with Crippen molar-refractivity contribution >= 4 is 34.7 Å². The molecule has 1 aliphatic heterocycles. The van der Waals surface area contributed by atoms with Crippen LogP contribution in [0.25, 0.3) is 10.6 Å². The summed E-state index contributed by atoms with van der Waals surface area (Å²) >= 11 is 7.81. The molecular weight excluding hydrogens is 392 g/mol. The average molecular weight is 413 g/mol. The van der Waals surface area contributed by atoms with Crippen LogP contribution in [0.15, 0.2) is 53.9 Å². The molecule has 0 bridgehead atoms. The molecule has 1 amide bonds. The largest absolute Gasteiger partial charge is 0.355 e. The molecule has 4 rings (SSSR count). The monoisotopic (exact) mass is 412 g/mol. The first-order valence-electron chi connectivity index (χ1n) is 9.34. The normalized spacial score (nSPS) is 14.8. The van der Waals surface area contributed by atoms with Crippen molar-refractivity contribution in [2.75, 3.05) is 18.0 Å². The van der Waals surface area contributed by atoms with Crippen LogP contribution in [-0.4, -0.2) is 29.2 Å². The van der Waals surface area contributed by atoms with Gasteiger partial charge in [0.05, 0.1) is 4.88 Å². The molecule has 0 aliphatic carbocycles. The summed E-state index contributed by atoms with van der Waals surface area (Å²) in [5, 5.41) is 14.5. The number of carbonyl (C=O) groups is 1. The number of carbonyl (C=O) groups excluding carboxylic acids is 1. The Bertz CT molecular complexity index is 922. The highest BCUT2D eigenvalue weighted by molar-refractivity contribution is 7.13. The van der Waals surface area contributed by atoms with E-state index in [0.717, 1.165) is 47.9 Å². The van der Waals surface area contributed by atoms with Gasteiger partial charge in [-0.05, 0) is 48.1 Å². The van der Waals surface area contributed by atoms with Gasteiger partial charge < -0.3 is 10.2 Å². The number of amides is 1. The van der Waals surface area contributed by atoms with Crippen LogP contribution in [0.5, 0.6) is 0 Å². The summed E-state index contributed by atoms with van der Waals surface area (Å²) in [6, 6.07) is 15.7. The molecular formula is C21H21ClN4OS. The Hall–Kier alpha value is -2.44. The number of hydrogen-bond donors (Lipinski definition) is 1. The molecule has 144 valence electrons. The number of benzene rings is 1. The fourth-order valence-electron chi connectivity index (χ4n) is 3.39. The summed E-state index contributed by atoms with van der Waals surface area (Å²) < 4.78 is 0. The number of halogens is 1. The number of aromatic nitrogens is 2. The van der Waals surface area contributed by atoms with Crippen molar-refractivity contribution in [2.24, 2.45) is 5.92 Å². The Morgan fingerprint density at radius 1 is 1.11 bits per heavy atom. The van der Waals surface area contributed by atoms with E-state index in [1.54, 1.807) is 11.3 Å². The third kappa shape index (κ3) is 4.34. The van der Waals surface area contributed by atoms with Gasteiger partial charge in [0.1, 0.15) is 5.69 Å². The van der Waals surface area contributed by atoms with Crippen LogP contribution in [0.2, 0.25) is 5.02 Å². The molecule has 1 aliphatic rings. The molecule has 2 aromatic heterocycles. The first-order chi connectivity index (χ1) is 13.7. The summed E-state index contributed by atoms with van der Waals surface area (Å²) in [4.78, 5) is 15.8. The maximum atomic E-state index is 12.5. The molecule has 0 spiro atoms. The Labute approximate surface area is 173 Å². The molecule has 7 heteroatoms. The number of rotatable bonds is 5. The van der Waals surface area contributed by atoms with Crippen molar-refractivity contribution in [3.63, 3.8) is 0 Å². The lowest BCUT2D eigenvalue weighted by atomic mass is 9.96. The van der Waals surface area contributed by atoms with Crippen molar-refractivity contribution in [3.8, 4) is 10.6 Å². The van der Waals surface area contributed by atoms with E-state index < -0.39 is 0 Å². The zero-order chi connectivity index (χ0) is 19.3. The van der Waals surface area contributed by atoms with E-state index >= 15 is 0 Å². The number of nitrogens with zero attached hydrogens (tertiary/aromatic N) is 3. The van der Waals surface area contributed by atoms with Gasteiger partial charge in [-0.25, -0.2) is 0 Å². The van der Waals surface area contributed by atoms with Crippen LogP contribution < -0.4 is 10.2 Å².